The van der Waals surface area contributed by atoms with Gasteiger partial charge in [0.25, 0.3) is 0 Å². The molecule has 1 nitrogen and oxygen atoms in total. The van der Waals surface area contributed by atoms with Crippen LogP contribution in [0.25, 0.3) is 76.8 Å². The molecule has 10 aromatic carbocycles. The molecule has 0 N–H and O–H groups in total. The second-order valence-corrected chi connectivity index (χ2v) is 14.1. The zero-order chi connectivity index (χ0) is 36.6. The van der Waals surface area contributed by atoms with Crippen molar-refractivity contribution in [3.63, 3.8) is 0 Å². The van der Waals surface area contributed by atoms with Crippen LogP contribution in [-0.4, -0.2) is 0 Å². The Morgan fingerprint density at radius 1 is 0.236 bits per heavy atom. The molecule has 0 amide bonds. The summed E-state index contributed by atoms with van der Waals surface area (Å²) in [6.07, 6.45) is 0. The zero-order valence-electron chi connectivity index (χ0n) is 30.3. The molecule has 1 heteroatoms. The molecule has 0 aliphatic rings. The lowest BCUT2D eigenvalue weighted by Gasteiger charge is -2.29. The standard InChI is InChI=1S/C54H37N/c1-4-15-39(16-5-1)52-36-47(37-53(40-17-6-2-7-18-40)54(52)44-21-8-3-9-22-44)55(46-34-31-43-28-27-41-20-11-13-25-50(41)51(43)35-46)45-32-29-42(30-33-45)49-26-14-23-38-19-10-12-24-48(38)49/h1-37H. The van der Waals surface area contributed by atoms with E-state index < -0.39 is 0 Å². The van der Waals surface area contributed by atoms with E-state index in [0.717, 1.165) is 17.1 Å². The van der Waals surface area contributed by atoms with E-state index >= 15 is 0 Å². The lowest BCUT2D eigenvalue weighted by atomic mass is 9.86. The molecule has 0 radical (unpaired) electrons. The summed E-state index contributed by atoms with van der Waals surface area (Å²) in [5.74, 6) is 0. The average Bonchev–Trinajstić information content (AvgIpc) is 3.27. The fraction of sp³-hybridized carbons (Fsp3) is 0. The molecule has 0 bridgehead atoms. The zero-order valence-corrected chi connectivity index (χ0v) is 30.3. The van der Waals surface area contributed by atoms with Crippen LogP contribution in [0.2, 0.25) is 0 Å². The number of fused-ring (bicyclic) bond motifs is 4. The maximum atomic E-state index is 2.43. The SMILES string of the molecule is c1ccc(-c2cc(N(c3ccc(-c4cccc5ccccc45)cc3)c3ccc4ccc5ccccc5c4c3)cc(-c3ccccc3)c2-c2ccccc2)cc1. The first-order valence-electron chi connectivity index (χ1n) is 18.9. The van der Waals surface area contributed by atoms with Crippen molar-refractivity contribution in [3.8, 4) is 44.5 Å². The molecule has 0 unspecified atom stereocenters. The summed E-state index contributed by atoms with van der Waals surface area (Å²) in [5.41, 5.74) is 12.9. The Morgan fingerprint density at radius 3 is 1.33 bits per heavy atom. The van der Waals surface area contributed by atoms with E-state index in [1.165, 1.54) is 76.8 Å². The topological polar surface area (TPSA) is 3.24 Å². The molecule has 258 valence electrons. The smallest absolute Gasteiger partial charge is 0.0474 e. The van der Waals surface area contributed by atoms with Gasteiger partial charge in [-0.25, -0.2) is 0 Å². The lowest BCUT2D eigenvalue weighted by Crippen LogP contribution is -2.11. The fourth-order valence-electron chi connectivity index (χ4n) is 8.21. The Hall–Kier alpha value is -7.22. The van der Waals surface area contributed by atoms with E-state index in [1.54, 1.807) is 0 Å². The molecule has 10 rings (SSSR count). The summed E-state index contributed by atoms with van der Waals surface area (Å²) in [7, 11) is 0. The van der Waals surface area contributed by atoms with E-state index in [-0.39, 0.29) is 0 Å². The van der Waals surface area contributed by atoms with Crippen LogP contribution in [0.4, 0.5) is 17.1 Å². The van der Waals surface area contributed by atoms with Crippen molar-refractivity contribution in [1.29, 1.82) is 0 Å². The molecular formula is C54H37N. The summed E-state index contributed by atoms with van der Waals surface area (Å²) >= 11 is 0. The molecule has 0 atom stereocenters. The molecule has 0 spiro atoms. The Bertz CT molecular complexity index is 2880. The van der Waals surface area contributed by atoms with E-state index in [1.807, 2.05) is 0 Å². The quantitative estimate of drug-likeness (QED) is 0.150. The minimum absolute atomic E-state index is 1.09. The highest BCUT2D eigenvalue weighted by molar-refractivity contribution is 6.09. The molecule has 0 fully saturated rings. The predicted octanol–water partition coefficient (Wildman–Crippen LogP) is 15.3. The molecule has 0 aromatic heterocycles. The predicted molar refractivity (Wildman–Crippen MR) is 235 cm³/mol. The molecular weight excluding hydrogens is 663 g/mol. The van der Waals surface area contributed by atoms with Crippen LogP contribution >= 0.6 is 0 Å². The molecule has 0 aliphatic heterocycles. The summed E-state index contributed by atoms with van der Waals surface area (Å²) in [4.78, 5) is 2.43. The van der Waals surface area contributed by atoms with Crippen molar-refractivity contribution in [2.24, 2.45) is 0 Å². The van der Waals surface area contributed by atoms with Crippen LogP contribution in [-0.2, 0) is 0 Å². The van der Waals surface area contributed by atoms with Gasteiger partial charge in [0.05, 0.1) is 0 Å². The molecule has 10 aromatic rings. The summed E-state index contributed by atoms with van der Waals surface area (Å²) < 4.78 is 0. The van der Waals surface area contributed by atoms with Crippen LogP contribution in [0.3, 0.4) is 0 Å². The highest BCUT2D eigenvalue weighted by atomic mass is 15.1. The van der Waals surface area contributed by atoms with Gasteiger partial charge in [0.15, 0.2) is 0 Å². The van der Waals surface area contributed by atoms with Crippen molar-refractivity contribution in [3.05, 3.63) is 224 Å². The van der Waals surface area contributed by atoms with E-state index in [4.69, 9.17) is 0 Å². The van der Waals surface area contributed by atoms with Gasteiger partial charge >= 0.3 is 0 Å². The van der Waals surface area contributed by atoms with E-state index in [9.17, 15) is 0 Å². The number of benzene rings is 10. The second kappa shape index (κ2) is 14.0. The summed E-state index contributed by atoms with van der Waals surface area (Å²) in [5, 5.41) is 7.45. The monoisotopic (exact) mass is 699 g/mol. The maximum absolute atomic E-state index is 2.43. The van der Waals surface area contributed by atoms with Gasteiger partial charge in [0.2, 0.25) is 0 Å². The first kappa shape index (κ1) is 32.4. The Kier molecular flexibility index (Phi) is 8.24. The van der Waals surface area contributed by atoms with E-state index in [0.29, 0.717) is 0 Å². The minimum Gasteiger partial charge on any atom is -0.310 e. The van der Waals surface area contributed by atoms with Crippen LogP contribution in [0, 0.1) is 0 Å². The van der Waals surface area contributed by atoms with Crippen LogP contribution in [0.15, 0.2) is 224 Å². The van der Waals surface area contributed by atoms with Crippen LogP contribution < -0.4 is 4.90 Å². The normalized spacial score (nSPS) is 11.3. The lowest BCUT2D eigenvalue weighted by molar-refractivity contribution is 1.29. The Morgan fingerprint density at radius 2 is 0.691 bits per heavy atom. The molecule has 0 saturated heterocycles. The Balaban J connectivity index is 1.24. The minimum atomic E-state index is 1.09. The first-order valence-corrected chi connectivity index (χ1v) is 18.9. The van der Waals surface area contributed by atoms with Crippen molar-refractivity contribution >= 4 is 49.4 Å². The van der Waals surface area contributed by atoms with Crippen molar-refractivity contribution in [2.75, 3.05) is 4.90 Å². The average molecular weight is 700 g/mol. The number of hydrogen-bond donors (Lipinski definition) is 0. The van der Waals surface area contributed by atoms with Crippen LogP contribution in [0.5, 0.6) is 0 Å². The van der Waals surface area contributed by atoms with Crippen LogP contribution in [0.1, 0.15) is 0 Å². The maximum Gasteiger partial charge on any atom is 0.0474 e. The fourth-order valence-corrected chi connectivity index (χ4v) is 8.21. The van der Waals surface area contributed by atoms with Gasteiger partial charge in [-0.3, -0.25) is 0 Å². The van der Waals surface area contributed by atoms with Gasteiger partial charge < -0.3 is 4.90 Å². The van der Waals surface area contributed by atoms with Gasteiger partial charge in [0.1, 0.15) is 0 Å². The van der Waals surface area contributed by atoms with Crippen molar-refractivity contribution < 1.29 is 0 Å². The molecule has 0 saturated carbocycles. The third-order valence-electron chi connectivity index (χ3n) is 10.8. The van der Waals surface area contributed by atoms with Crippen molar-refractivity contribution in [1.82, 2.24) is 0 Å². The second-order valence-electron chi connectivity index (χ2n) is 14.1. The van der Waals surface area contributed by atoms with Crippen molar-refractivity contribution in [2.45, 2.75) is 0 Å². The van der Waals surface area contributed by atoms with Gasteiger partial charge in [-0.2, -0.15) is 0 Å². The molecule has 0 heterocycles. The third-order valence-corrected chi connectivity index (χ3v) is 10.8. The molecule has 0 aliphatic carbocycles. The molecule has 55 heavy (non-hydrogen) atoms. The number of anilines is 3. The van der Waals surface area contributed by atoms with E-state index in [2.05, 4.69) is 229 Å². The summed E-state index contributed by atoms with van der Waals surface area (Å²) in [6, 6.07) is 81.6. The van der Waals surface area contributed by atoms with Gasteiger partial charge in [-0.1, -0.05) is 188 Å². The largest absolute Gasteiger partial charge is 0.310 e. The number of hydrogen-bond acceptors (Lipinski definition) is 1. The van der Waals surface area contributed by atoms with Gasteiger partial charge in [-0.15, -0.1) is 0 Å². The summed E-state index contributed by atoms with van der Waals surface area (Å²) in [6.45, 7) is 0. The first-order chi connectivity index (χ1) is 27.3. The number of nitrogens with zero attached hydrogens (tertiary/aromatic N) is 1. The number of rotatable bonds is 7. The highest BCUT2D eigenvalue weighted by Gasteiger charge is 2.21. The van der Waals surface area contributed by atoms with Gasteiger partial charge in [-0.05, 0) is 113 Å². The Labute approximate surface area is 322 Å². The highest BCUT2D eigenvalue weighted by Crippen LogP contribution is 2.47. The van der Waals surface area contributed by atoms with Gasteiger partial charge in [0, 0.05) is 17.1 Å². The third kappa shape index (κ3) is 6.02.